The Hall–Kier alpha value is -3.43. The van der Waals surface area contributed by atoms with Crippen molar-refractivity contribution < 1.29 is 18.9 Å². The molecule has 0 saturated carbocycles. The van der Waals surface area contributed by atoms with E-state index >= 15 is 0 Å². The van der Waals surface area contributed by atoms with Crippen molar-refractivity contribution in [1.29, 1.82) is 0 Å². The van der Waals surface area contributed by atoms with Crippen LogP contribution in [0.3, 0.4) is 0 Å². The first kappa shape index (κ1) is 30.6. The molecule has 3 saturated heterocycles. The van der Waals surface area contributed by atoms with Gasteiger partial charge in [0.05, 0.1) is 25.6 Å². The zero-order chi connectivity index (χ0) is 30.7. The number of nitrogens with zero attached hydrogens (tertiary/aromatic N) is 4. The molecule has 9 heteroatoms. The summed E-state index contributed by atoms with van der Waals surface area (Å²) in [5.41, 5.74) is 4.12. The summed E-state index contributed by atoms with van der Waals surface area (Å²) in [6.07, 6.45) is 6.96. The molecule has 2 aromatic rings. The molecular formula is C35H49N6O3+. The standard InChI is InChI=1S/C35H48N6O3/c1-26-9-8-11-29(23-26)38(2)32(34(43)41(21-6-3-7-22-41)30-13-17-36-18-14-30)24-33(42)39-19-15-28(16-20-39)40-25-27-10-4-5-12-31(27)37-35(40)44/h4-5,8-12,23,28,30,32,36H,3,6-7,13-22,24-25H2,1-2H3/p+1. The van der Waals surface area contributed by atoms with Gasteiger partial charge in [-0.25, -0.2) is 9.59 Å². The second kappa shape index (κ2) is 13.3. The molecule has 0 spiro atoms. The normalized spacial score (nSPS) is 21.7. The number of hydrogen-bond acceptors (Lipinski definition) is 5. The van der Waals surface area contributed by atoms with Crippen LogP contribution in [-0.4, -0.2) is 96.6 Å². The largest absolute Gasteiger partial charge is 0.359 e. The molecule has 3 fully saturated rings. The number of likely N-dealkylation sites (N-methyl/N-ethyl adjacent to an activating group) is 1. The number of anilines is 2. The van der Waals surface area contributed by atoms with Crippen molar-refractivity contribution in [2.24, 2.45) is 0 Å². The van der Waals surface area contributed by atoms with Crippen molar-refractivity contribution in [3.05, 3.63) is 59.7 Å². The van der Waals surface area contributed by atoms with Crippen molar-refractivity contribution >= 4 is 29.2 Å². The van der Waals surface area contributed by atoms with Gasteiger partial charge in [0.1, 0.15) is 0 Å². The van der Waals surface area contributed by atoms with Crippen LogP contribution in [0.25, 0.3) is 0 Å². The maximum atomic E-state index is 14.9. The van der Waals surface area contributed by atoms with Gasteiger partial charge >= 0.3 is 11.9 Å². The molecule has 4 amide bonds. The number of likely N-dealkylation sites (tertiary alicyclic amines) is 2. The number of nitrogens with one attached hydrogen (secondary N) is 2. The van der Waals surface area contributed by atoms with Gasteiger partial charge in [-0.2, -0.15) is 0 Å². The molecule has 236 valence electrons. The molecule has 9 nitrogen and oxygen atoms in total. The molecule has 4 heterocycles. The van der Waals surface area contributed by atoms with Gasteiger partial charge in [-0.3, -0.25) is 9.28 Å². The molecular weight excluding hydrogens is 552 g/mol. The number of rotatable bonds is 7. The van der Waals surface area contributed by atoms with Gasteiger partial charge in [0.15, 0.2) is 6.04 Å². The van der Waals surface area contributed by atoms with Gasteiger partial charge in [0.2, 0.25) is 5.91 Å². The van der Waals surface area contributed by atoms with E-state index in [2.05, 4.69) is 46.7 Å². The minimum Gasteiger partial charge on any atom is -0.359 e. The summed E-state index contributed by atoms with van der Waals surface area (Å²) in [7, 11) is 1.99. The minimum atomic E-state index is -0.528. The number of amides is 4. The molecule has 6 rings (SSSR count). The molecule has 4 aliphatic rings. The highest BCUT2D eigenvalue weighted by molar-refractivity contribution is 5.92. The van der Waals surface area contributed by atoms with E-state index in [1.54, 1.807) is 0 Å². The molecule has 4 aliphatic heterocycles. The van der Waals surface area contributed by atoms with Crippen LogP contribution >= 0.6 is 0 Å². The minimum absolute atomic E-state index is 0.0372. The number of carbonyl (C=O) groups excluding carboxylic acids is 3. The zero-order valence-electron chi connectivity index (χ0n) is 26.5. The maximum absolute atomic E-state index is 14.9. The average molecular weight is 602 g/mol. The molecule has 0 bridgehead atoms. The molecule has 0 radical (unpaired) electrons. The number of para-hydroxylation sites is 1. The first-order valence-corrected chi connectivity index (χ1v) is 16.7. The Kier molecular flexibility index (Phi) is 9.23. The number of benzene rings is 2. The zero-order valence-corrected chi connectivity index (χ0v) is 26.5. The van der Waals surface area contributed by atoms with E-state index in [0.717, 1.165) is 87.2 Å². The topological polar surface area (TPSA) is 85.0 Å². The first-order chi connectivity index (χ1) is 21.4. The van der Waals surface area contributed by atoms with Crippen LogP contribution in [0.5, 0.6) is 0 Å². The fourth-order valence-electron chi connectivity index (χ4n) is 8.10. The van der Waals surface area contributed by atoms with Crippen LogP contribution in [0.4, 0.5) is 16.2 Å². The second-order valence-electron chi connectivity index (χ2n) is 13.4. The smallest absolute Gasteiger partial charge is 0.337 e. The third-order valence-corrected chi connectivity index (χ3v) is 10.7. The van der Waals surface area contributed by atoms with Gasteiger partial charge < -0.3 is 25.3 Å². The number of fused-ring (bicyclic) bond motifs is 1. The predicted octanol–water partition coefficient (Wildman–Crippen LogP) is 4.51. The third-order valence-electron chi connectivity index (χ3n) is 10.7. The van der Waals surface area contributed by atoms with Crippen LogP contribution in [0.2, 0.25) is 0 Å². The molecule has 2 N–H and O–H groups in total. The molecule has 0 aliphatic carbocycles. The number of urea groups is 1. The summed E-state index contributed by atoms with van der Waals surface area (Å²) in [4.78, 5) is 47.8. The quantitative estimate of drug-likeness (QED) is 0.457. The molecule has 44 heavy (non-hydrogen) atoms. The predicted molar refractivity (Wildman–Crippen MR) is 173 cm³/mol. The highest BCUT2D eigenvalue weighted by Crippen LogP contribution is 2.33. The molecule has 1 atom stereocenters. The van der Waals surface area contributed by atoms with Gasteiger partial charge in [-0.05, 0) is 68.4 Å². The van der Waals surface area contributed by atoms with E-state index in [-0.39, 0.29) is 30.3 Å². The van der Waals surface area contributed by atoms with Crippen molar-refractivity contribution in [2.75, 3.05) is 56.5 Å². The summed E-state index contributed by atoms with van der Waals surface area (Å²) < 4.78 is 0.517. The van der Waals surface area contributed by atoms with E-state index < -0.39 is 6.04 Å². The first-order valence-electron chi connectivity index (χ1n) is 16.7. The van der Waals surface area contributed by atoms with Gasteiger partial charge in [-0.15, -0.1) is 0 Å². The molecule has 2 aromatic carbocycles. The van der Waals surface area contributed by atoms with Gasteiger partial charge in [0.25, 0.3) is 0 Å². The SMILES string of the molecule is Cc1cccc(N(C)C(CC(=O)N2CCC(N3Cc4ccccc4NC3=O)CC2)C(=O)[N+]2(C3CCNCC3)CCCCC2)c1. The summed E-state index contributed by atoms with van der Waals surface area (Å²) in [6.45, 7) is 7.50. The van der Waals surface area contributed by atoms with Crippen LogP contribution in [0.1, 0.15) is 62.5 Å². The lowest BCUT2D eigenvalue weighted by Gasteiger charge is -2.48. The number of aryl methyl sites for hydroxylation is 1. The second-order valence-corrected chi connectivity index (χ2v) is 13.4. The number of hydrogen-bond donors (Lipinski definition) is 2. The van der Waals surface area contributed by atoms with Gasteiger partial charge in [0, 0.05) is 70.0 Å². The fraction of sp³-hybridized carbons (Fsp3) is 0.571. The summed E-state index contributed by atoms with van der Waals surface area (Å²) >= 11 is 0. The lowest BCUT2D eigenvalue weighted by molar-refractivity contribution is -0.886. The number of quaternary nitrogens is 1. The monoisotopic (exact) mass is 601 g/mol. The lowest BCUT2D eigenvalue weighted by atomic mass is 9.93. The van der Waals surface area contributed by atoms with Gasteiger partial charge in [-0.1, -0.05) is 30.3 Å². The number of piperidine rings is 3. The Morgan fingerprint density at radius 1 is 0.977 bits per heavy atom. The van der Waals surface area contributed by atoms with Crippen molar-refractivity contribution in [3.63, 3.8) is 0 Å². The Morgan fingerprint density at radius 2 is 1.70 bits per heavy atom. The van der Waals surface area contributed by atoms with Crippen LogP contribution in [0.15, 0.2) is 48.5 Å². The van der Waals surface area contributed by atoms with Crippen molar-refractivity contribution in [2.45, 2.75) is 83.0 Å². The van der Waals surface area contributed by atoms with Crippen molar-refractivity contribution in [1.82, 2.24) is 15.1 Å². The Balaban J connectivity index is 1.19. The molecule has 1 unspecified atom stereocenters. The van der Waals surface area contributed by atoms with Crippen LogP contribution in [0, 0.1) is 6.92 Å². The van der Waals surface area contributed by atoms with E-state index in [4.69, 9.17) is 0 Å². The summed E-state index contributed by atoms with van der Waals surface area (Å²) in [6, 6.07) is 16.0. The van der Waals surface area contributed by atoms with Crippen LogP contribution in [-0.2, 0) is 16.1 Å². The van der Waals surface area contributed by atoms with E-state index in [1.807, 2.05) is 41.1 Å². The number of carbonyl (C=O) groups is 3. The summed E-state index contributed by atoms with van der Waals surface area (Å²) in [5, 5.41) is 6.51. The average Bonchev–Trinajstić information content (AvgIpc) is 3.07. The van der Waals surface area contributed by atoms with E-state index in [1.165, 1.54) is 6.42 Å². The van der Waals surface area contributed by atoms with E-state index in [9.17, 15) is 14.4 Å². The molecule has 0 aromatic heterocycles. The highest BCUT2D eigenvalue weighted by atomic mass is 16.2. The van der Waals surface area contributed by atoms with E-state index in [0.29, 0.717) is 30.2 Å². The third kappa shape index (κ3) is 6.22. The fourth-order valence-corrected chi connectivity index (χ4v) is 8.10. The highest BCUT2D eigenvalue weighted by Gasteiger charge is 2.50. The summed E-state index contributed by atoms with van der Waals surface area (Å²) in [5.74, 6) is 0.253. The lowest BCUT2D eigenvalue weighted by Crippen LogP contribution is -2.68. The Bertz CT molecular complexity index is 1340. The Labute approximate surface area is 262 Å². The van der Waals surface area contributed by atoms with Crippen LogP contribution < -0.4 is 15.5 Å². The van der Waals surface area contributed by atoms with Crippen molar-refractivity contribution in [3.8, 4) is 0 Å². The maximum Gasteiger partial charge on any atom is 0.337 e. The Morgan fingerprint density at radius 3 is 2.43 bits per heavy atom.